The smallest absolute Gasteiger partial charge is 0.119 e. The van der Waals surface area contributed by atoms with E-state index < -0.39 is 0 Å². The van der Waals surface area contributed by atoms with Crippen LogP contribution >= 0.6 is 0 Å². The summed E-state index contributed by atoms with van der Waals surface area (Å²) in [6, 6.07) is 26.8. The molecule has 2 heteroatoms. The molecule has 0 aliphatic heterocycles. The van der Waals surface area contributed by atoms with Crippen molar-refractivity contribution in [2.24, 2.45) is 0 Å². The number of ether oxygens (including phenoxy) is 1. The maximum Gasteiger partial charge on any atom is 0.119 e. The van der Waals surface area contributed by atoms with Gasteiger partial charge in [-0.2, -0.15) is 0 Å². The molecule has 0 radical (unpaired) electrons. The number of nitrogens with zero attached hydrogens (tertiary/aromatic N) is 1. The van der Waals surface area contributed by atoms with E-state index in [4.69, 9.17) is 4.74 Å². The van der Waals surface area contributed by atoms with Crippen molar-refractivity contribution in [1.29, 1.82) is 0 Å². The van der Waals surface area contributed by atoms with E-state index in [0.717, 1.165) is 28.4 Å². The van der Waals surface area contributed by atoms with Crippen molar-refractivity contribution in [2.45, 2.75) is 0 Å². The van der Waals surface area contributed by atoms with Gasteiger partial charge < -0.3 is 9.64 Å². The molecule has 0 spiro atoms. The molecule has 0 unspecified atom stereocenters. The van der Waals surface area contributed by atoms with Crippen LogP contribution in [0.25, 0.3) is 6.08 Å². The van der Waals surface area contributed by atoms with Gasteiger partial charge in [0, 0.05) is 17.1 Å². The Hall–Kier alpha value is -3.00. The first-order valence-corrected chi connectivity index (χ1v) is 7.53. The molecule has 3 aromatic carbocycles. The van der Waals surface area contributed by atoms with E-state index in [9.17, 15) is 0 Å². The first-order valence-electron chi connectivity index (χ1n) is 7.53. The van der Waals surface area contributed by atoms with Crippen LogP contribution in [0.3, 0.4) is 0 Å². The summed E-state index contributed by atoms with van der Waals surface area (Å²) in [4.78, 5) is 2.21. The minimum atomic E-state index is 0.851. The van der Waals surface area contributed by atoms with E-state index in [1.54, 1.807) is 7.11 Å². The number of rotatable bonds is 5. The van der Waals surface area contributed by atoms with Crippen LogP contribution < -0.4 is 9.64 Å². The number of benzene rings is 3. The molecule has 114 valence electrons. The Balaban J connectivity index is 2.07. The maximum atomic E-state index is 5.26. The summed E-state index contributed by atoms with van der Waals surface area (Å²) in [6.07, 6.45) is 1.85. The number of anilines is 3. The molecule has 0 saturated heterocycles. The zero-order chi connectivity index (χ0) is 16.1. The predicted octanol–water partition coefficient (Wildman–Crippen LogP) is 5.81. The zero-order valence-electron chi connectivity index (χ0n) is 13.1. The van der Waals surface area contributed by atoms with Gasteiger partial charge in [-0.1, -0.05) is 43.0 Å². The number of hydrogen-bond donors (Lipinski definition) is 0. The molecule has 3 rings (SSSR count). The molecule has 2 nitrogen and oxygen atoms in total. The van der Waals surface area contributed by atoms with Crippen LogP contribution in [0.1, 0.15) is 5.56 Å². The molecule has 0 atom stereocenters. The fourth-order valence-corrected chi connectivity index (χ4v) is 2.52. The lowest BCUT2D eigenvalue weighted by molar-refractivity contribution is 0.415. The predicted molar refractivity (Wildman–Crippen MR) is 97.8 cm³/mol. The fourth-order valence-electron chi connectivity index (χ4n) is 2.52. The van der Waals surface area contributed by atoms with Crippen LogP contribution in [-0.2, 0) is 0 Å². The fraction of sp³-hybridized carbons (Fsp3) is 0.0476. The number of methoxy groups -OCH3 is 1. The summed E-state index contributed by atoms with van der Waals surface area (Å²) >= 11 is 0. The third-order valence-electron chi connectivity index (χ3n) is 3.73. The standard InChI is InChI=1S/C21H19NO/c1-3-17-9-11-19(12-10-17)22(18-7-5-4-6-8-18)20-13-15-21(23-2)16-14-20/h3-16H,1H2,2H3. The van der Waals surface area contributed by atoms with Gasteiger partial charge in [0.05, 0.1) is 7.11 Å². The van der Waals surface area contributed by atoms with E-state index in [2.05, 4.69) is 60.0 Å². The van der Waals surface area contributed by atoms with Gasteiger partial charge in [0.25, 0.3) is 0 Å². The SMILES string of the molecule is C=Cc1ccc(N(c2ccccc2)c2ccc(OC)cc2)cc1. The first-order chi connectivity index (χ1) is 11.3. The zero-order valence-corrected chi connectivity index (χ0v) is 13.1. The third-order valence-corrected chi connectivity index (χ3v) is 3.73. The molecule has 0 N–H and O–H groups in total. The molecule has 0 aromatic heterocycles. The summed E-state index contributed by atoms with van der Waals surface area (Å²) in [5.74, 6) is 0.851. The van der Waals surface area contributed by atoms with Crippen molar-refractivity contribution in [3.8, 4) is 5.75 Å². The normalized spacial score (nSPS) is 10.1. The minimum absolute atomic E-state index is 0.851. The molecule has 0 bridgehead atoms. The monoisotopic (exact) mass is 301 g/mol. The molecule has 0 saturated carbocycles. The second-order valence-electron chi connectivity index (χ2n) is 5.16. The second kappa shape index (κ2) is 6.84. The Morgan fingerprint density at radius 3 is 1.78 bits per heavy atom. The van der Waals surface area contributed by atoms with Crippen LogP contribution in [0.5, 0.6) is 5.75 Å². The van der Waals surface area contributed by atoms with Gasteiger partial charge in [-0.25, -0.2) is 0 Å². The molecule has 0 aliphatic carbocycles. The van der Waals surface area contributed by atoms with Gasteiger partial charge in [-0.15, -0.1) is 0 Å². The van der Waals surface area contributed by atoms with Gasteiger partial charge in [0.15, 0.2) is 0 Å². The highest BCUT2D eigenvalue weighted by atomic mass is 16.5. The molecule has 0 amide bonds. The average molecular weight is 301 g/mol. The lowest BCUT2D eigenvalue weighted by atomic mass is 10.1. The molecule has 0 aliphatic rings. The number of para-hydroxylation sites is 1. The minimum Gasteiger partial charge on any atom is -0.497 e. The summed E-state index contributed by atoms with van der Waals surface area (Å²) in [5, 5.41) is 0. The van der Waals surface area contributed by atoms with Crippen LogP contribution in [0.2, 0.25) is 0 Å². The van der Waals surface area contributed by atoms with Crippen molar-refractivity contribution in [2.75, 3.05) is 12.0 Å². The number of hydrogen-bond acceptors (Lipinski definition) is 2. The lowest BCUT2D eigenvalue weighted by Gasteiger charge is -2.25. The molecule has 0 fully saturated rings. The molecule has 23 heavy (non-hydrogen) atoms. The van der Waals surface area contributed by atoms with Crippen molar-refractivity contribution in [1.82, 2.24) is 0 Å². The average Bonchev–Trinajstić information content (AvgIpc) is 2.64. The third kappa shape index (κ3) is 3.27. The van der Waals surface area contributed by atoms with Gasteiger partial charge in [0.1, 0.15) is 5.75 Å². The Morgan fingerprint density at radius 2 is 1.26 bits per heavy atom. The Kier molecular flexibility index (Phi) is 4.44. The van der Waals surface area contributed by atoms with Gasteiger partial charge in [0.2, 0.25) is 0 Å². The van der Waals surface area contributed by atoms with Gasteiger partial charge >= 0.3 is 0 Å². The summed E-state index contributed by atoms with van der Waals surface area (Å²) in [7, 11) is 1.68. The van der Waals surface area contributed by atoms with E-state index in [0.29, 0.717) is 0 Å². The van der Waals surface area contributed by atoms with Gasteiger partial charge in [-0.3, -0.25) is 0 Å². The van der Waals surface area contributed by atoms with E-state index in [1.807, 2.05) is 36.4 Å². The second-order valence-corrected chi connectivity index (χ2v) is 5.16. The van der Waals surface area contributed by atoms with Crippen LogP contribution in [0.15, 0.2) is 85.4 Å². The summed E-state index contributed by atoms with van der Waals surface area (Å²) in [5.41, 5.74) is 4.41. The summed E-state index contributed by atoms with van der Waals surface area (Å²) < 4.78 is 5.26. The maximum absolute atomic E-state index is 5.26. The highest BCUT2D eigenvalue weighted by Crippen LogP contribution is 2.35. The Bertz CT molecular complexity index is 761. The van der Waals surface area contributed by atoms with E-state index in [1.165, 1.54) is 0 Å². The summed E-state index contributed by atoms with van der Waals surface area (Å²) in [6.45, 7) is 3.81. The quantitative estimate of drug-likeness (QED) is 0.590. The lowest BCUT2D eigenvalue weighted by Crippen LogP contribution is -2.09. The Labute approximate surface area is 137 Å². The van der Waals surface area contributed by atoms with Crippen LogP contribution in [-0.4, -0.2) is 7.11 Å². The van der Waals surface area contributed by atoms with Crippen molar-refractivity contribution in [3.63, 3.8) is 0 Å². The molecule has 0 heterocycles. The topological polar surface area (TPSA) is 12.5 Å². The van der Waals surface area contributed by atoms with Crippen molar-refractivity contribution in [3.05, 3.63) is 91.0 Å². The van der Waals surface area contributed by atoms with Crippen molar-refractivity contribution < 1.29 is 4.74 Å². The van der Waals surface area contributed by atoms with Crippen LogP contribution in [0, 0.1) is 0 Å². The van der Waals surface area contributed by atoms with E-state index in [-0.39, 0.29) is 0 Å². The Morgan fingerprint density at radius 1 is 0.739 bits per heavy atom. The van der Waals surface area contributed by atoms with Crippen LogP contribution in [0.4, 0.5) is 17.1 Å². The van der Waals surface area contributed by atoms with E-state index >= 15 is 0 Å². The molecular formula is C21H19NO. The molecule has 3 aromatic rings. The largest absolute Gasteiger partial charge is 0.497 e. The highest BCUT2D eigenvalue weighted by Gasteiger charge is 2.11. The highest BCUT2D eigenvalue weighted by molar-refractivity contribution is 5.77. The van der Waals surface area contributed by atoms with Crippen molar-refractivity contribution >= 4 is 23.1 Å². The first kappa shape index (κ1) is 14.9. The van der Waals surface area contributed by atoms with Gasteiger partial charge in [-0.05, 0) is 54.1 Å². The molecular weight excluding hydrogens is 282 g/mol.